The summed E-state index contributed by atoms with van der Waals surface area (Å²) in [6.07, 6.45) is 0. The van der Waals surface area contributed by atoms with Gasteiger partial charge in [0.1, 0.15) is 0 Å². The molecular formula is C14H22N2. The van der Waals surface area contributed by atoms with Crippen molar-refractivity contribution >= 4 is 0 Å². The zero-order chi connectivity index (χ0) is 11.5. The van der Waals surface area contributed by atoms with Crippen molar-refractivity contribution in [3.63, 3.8) is 0 Å². The summed E-state index contributed by atoms with van der Waals surface area (Å²) in [6, 6.07) is 4.67. The van der Waals surface area contributed by atoms with Gasteiger partial charge in [0.2, 0.25) is 0 Å². The SMILES string of the molecule is Cc1cc(C)c(CN2CCNCC2)cc1C. The predicted molar refractivity (Wildman–Crippen MR) is 68.8 cm³/mol. The molecule has 0 aliphatic carbocycles. The molecule has 0 aromatic heterocycles. The molecule has 1 aliphatic heterocycles. The lowest BCUT2D eigenvalue weighted by Gasteiger charge is -2.28. The van der Waals surface area contributed by atoms with Crippen LogP contribution in [0.5, 0.6) is 0 Å². The minimum Gasteiger partial charge on any atom is -0.314 e. The maximum atomic E-state index is 3.39. The minimum atomic E-state index is 1.11. The smallest absolute Gasteiger partial charge is 0.0237 e. The Bertz CT molecular complexity index is 365. The van der Waals surface area contributed by atoms with Crippen molar-refractivity contribution in [3.05, 3.63) is 34.4 Å². The summed E-state index contributed by atoms with van der Waals surface area (Å²) < 4.78 is 0. The van der Waals surface area contributed by atoms with E-state index in [4.69, 9.17) is 0 Å². The molecule has 2 rings (SSSR count). The maximum Gasteiger partial charge on any atom is 0.0237 e. The summed E-state index contributed by atoms with van der Waals surface area (Å²) in [5, 5.41) is 3.39. The second-order valence-corrected chi connectivity index (χ2v) is 4.89. The van der Waals surface area contributed by atoms with Gasteiger partial charge in [0.15, 0.2) is 0 Å². The highest BCUT2D eigenvalue weighted by Gasteiger charge is 2.11. The van der Waals surface area contributed by atoms with E-state index in [-0.39, 0.29) is 0 Å². The quantitative estimate of drug-likeness (QED) is 0.817. The molecule has 0 atom stereocenters. The summed E-state index contributed by atoms with van der Waals surface area (Å²) in [5.41, 5.74) is 5.74. The lowest BCUT2D eigenvalue weighted by molar-refractivity contribution is 0.233. The number of nitrogens with zero attached hydrogens (tertiary/aromatic N) is 1. The zero-order valence-corrected chi connectivity index (χ0v) is 10.6. The average molecular weight is 218 g/mol. The summed E-state index contributed by atoms with van der Waals surface area (Å²) >= 11 is 0. The second-order valence-electron chi connectivity index (χ2n) is 4.89. The average Bonchev–Trinajstić information content (AvgIpc) is 2.27. The Kier molecular flexibility index (Phi) is 3.62. The van der Waals surface area contributed by atoms with Gasteiger partial charge < -0.3 is 5.32 Å². The molecule has 0 spiro atoms. The Balaban J connectivity index is 2.11. The number of hydrogen-bond acceptors (Lipinski definition) is 2. The van der Waals surface area contributed by atoms with Gasteiger partial charge in [0.05, 0.1) is 0 Å². The highest BCUT2D eigenvalue weighted by Crippen LogP contribution is 2.17. The summed E-state index contributed by atoms with van der Waals surface area (Å²) in [4.78, 5) is 2.54. The second kappa shape index (κ2) is 4.98. The lowest BCUT2D eigenvalue weighted by atomic mass is 10.0. The zero-order valence-electron chi connectivity index (χ0n) is 10.6. The topological polar surface area (TPSA) is 15.3 Å². The van der Waals surface area contributed by atoms with Gasteiger partial charge in [0.25, 0.3) is 0 Å². The third-order valence-electron chi connectivity index (χ3n) is 3.56. The van der Waals surface area contributed by atoms with Gasteiger partial charge in [0, 0.05) is 32.7 Å². The molecule has 1 N–H and O–H groups in total. The van der Waals surface area contributed by atoms with Crippen molar-refractivity contribution in [2.45, 2.75) is 27.3 Å². The van der Waals surface area contributed by atoms with Crippen molar-refractivity contribution in [2.24, 2.45) is 0 Å². The van der Waals surface area contributed by atoms with Gasteiger partial charge in [-0.15, -0.1) is 0 Å². The number of rotatable bonds is 2. The van der Waals surface area contributed by atoms with Crippen molar-refractivity contribution < 1.29 is 0 Å². The van der Waals surface area contributed by atoms with Gasteiger partial charge >= 0.3 is 0 Å². The van der Waals surface area contributed by atoms with Crippen molar-refractivity contribution in [1.82, 2.24) is 10.2 Å². The number of piperazine rings is 1. The van der Waals surface area contributed by atoms with Crippen LogP contribution < -0.4 is 5.32 Å². The first kappa shape index (κ1) is 11.6. The third kappa shape index (κ3) is 2.63. The van der Waals surface area contributed by atoms with Crippen LogP contribution in [0.4, 0.5) is 0 Å². The van der Waals surface area contributed by atoms with Crippen LogP contribution >= 0.6 is 0 Å². The fraction of sp³-hybridized carbons (Fsp3) is 0.571. The molecule has 1 aromatic carbocycles. The molecule has 88 valence electrons. The Hall–Kier alpha value is -0.860. The number of nitrogens with one attached hydrogen (secondary N) is 1. The van der Waals surface area contributed by atoms with Crippen LogP contribution in [0, 0.1) is 20.8 Å². The first-order chi connectivity index (χ1) is 7.66. The molecule has 1 aliphatic rings. The minimum absolute atomic E-state index is 1.11. The standard InChI is InChI=1S/C14H22N2/c1-11-8-13(3)14(9-12(11)2)10-16-6-4-15-5-7-16/h8-9,15H,4-7,10H2,1-3H3. The van der Waals surface area contributed by atoms with Crippen LogP contribution in [0.3, 0.4) is 0 Å². The van der Waals surface area contributed by atoms with Crippen LogP contribution in [0.2, 0.25) is 0 Å². The number of aryl methyl sites for hydroxylation is 3. The highest BCUT2D eigenvalue weighted by molar-refractivity contribution is 5.36. The third-order valence-corrected chi connectivity index (χ3v) is 3.56. The Morgan fingerprint density at radius 2 is 1.62 bits per heavy atom. The van der Waals surface area contributed by atoms with Crippen LogP contribution in [0.1, 0.15) is 22.3 Å². The molecular weight excluding hydrogens is 196 g/mol. The predicted octanol–water partition coefficient (Wildman–Crippen LogP) is 2.02. The van der Waals surface area contributed by atoms with Crippen LogP contribution in [-0.4, -0.2) is 31.1 Å². The van der Waals surface area contributed by atoms with E-state index in [9.17, 15) is 0 Å². The van der Waals surface area contributed by atoms with Crippen molar-refractivity contribution in [2.75, 3.05) is 26.2 Å². The van der Waals surface area contributed by atoms with E-state index in [2.05, 4.69) is 43.1 Å². The number of benzene rings is 1. The molecule has 0 saturated carbocycles. The molecule has 0 amide bonds. The van der Waals surface area contributed by atoms with Crippen LogP contribution in [-0.2, 0) is 6.54 Å². The lowest BCUT2D eigenvalue weighted by Crippen LogP contribution is -2.43. The van der Waals surface area contributed by atoms with Gasteiger partial charge in [-0.2, -0.15) is 0 Å². The van der Waals surface area contributed by atoms with E-state index in [1.165, 1.54) is 35.3 Å². The van der Waals surface area contributed by atoms with Gasteiger partial charge in [-0.25, -0.2) is 0 Å². The first-order valence-corrected chi connectivity index (χ1v) is 6.16. The maximum absolute atomic E-state index is 3.39. The molecule has 1 saturated heterocycles. The van der Waals surface area contributed by atoms with E-state index < -0.39 is 0 Å². The Morgan fingerprint density at radius 1 is 1.00 bits per heavy atom. The van der Waals surface area contributed by atoms with Crippen molar-refractivity contribution in [1.29, 1.82) is 0 Å². The summed E-state index contributed by atoms with van der Waals surface area (Å²) in [7, 11) is 0. The van der Waals surface area contributed by atoms with E-state index in [0.717, 1.165) is 19.6 Å². The molecule has 1 heterocycles. The number of hydrogen-bond donors (Lipinski definition) is 1. The Labute approximate surface area is 98.7 Å². The molecule has 1 fully saturated rings. The highest BCUT2D eigenvalue weighted by atomic mass is 15.2. The molecule has 0 unspecified atom stereocenters. The van der Waals surface area contributed by atoms with E-state index in [0.29, 0.717) is 0 Å². The molecule has 0 bridgehead atoms. The first-order valence-electron chi connectivity index (χ1n) is 6.16. The van der Waals surface area contributed by atoms with E-state index in [1.54, 1.807) is 0 Å². The van der Waals surface area contributed by atoms with Gasteiger partial charge in [-0.3, -0.25) is 4.90 Å². The molecule has 2 nitrogen and oxygen atoms in total. The molecule has 16 heavy (non-hydrogen) atoms. The molecule has 0 radical (unpaired) electrons. The molecule has 1 aromatic rings. The van der Waals surface area contributed by atoms with E-state index in [1.807, 2.05) is 0 Å². The van der Waals surface area contributed by atoms with Crippen LogP contribution in [0.15, 0.2) is 12.1 Å². The monoisotopic (exact) mass is 218 g/mol. The van der Waals surface area contributed by atoms with Gasteiger partial charge in [-0.1, -0.05) is 12.1 Å². The van der Waals surface area contributed by atoms with Crippen molar-refractivity contribution in [3.8, 4) is 0 Å². The normalized spacial score (nSPS) is 17.7. The summed E-state index contributed by atoms with van der Waals surface area (Å²) in [5.74, 6) is 0. The fourth-order valence-corrected chi connectivity index (χ4v) is 2.30. The van der Waals surface area contributed by atoms with Gasteiger partial charge in [-0.05, 0) is 43.0 Å². The largest absolute Gasteiger partial charge is 0.314 e. The van der Waals surface area contributed by atoms with Crippen LogP contribution in [0.25, 0.3) is 0 Å². The Morgan fingerprint density at radius 3 is 2.31 bits per heavy atom. The van der Waals surface area contributed by atoms with E-state index >= 15 is 0 Å². The molecule has 2 heteroatoms. The fourth-order valence-electron chi connectivity index (χ4n) is 2.30. The summed E-state index contributed by atoms with van der Waals surface area (Å²) in [6.45, 7) is 12.3.